The van der Waals surface area contributed by atoms with Crippen LogP contribution in [0.4, 0.5) is 5.82 Å². The first-order valence-electron chi connectivity index (χ1n) is 10.2. The Morgan fingerprint density at radius 3 is 2.61 bits per heavy atom. The molecule has 6 nitrogen and oxygen atoms in total. The summed E-state index contributed by atoms with van der Waals surface area (Å²) in [5.41, 5.74) is 13.3. The number of amides is 1. The monoisotopic (exact) mass is 411 g/mol. The van der Waals surface area contributed by atoms with Crippen LogP contribution in [0.25, 0.3) is 10.9 Å². The van der Waals surface area contributed by atoms with Crippen LogP contribution < -0.4 is 11.1 Å². The summed E-state index contributed by atoms with van der Waals surface area (Å²) in [7, 11) is 0. The van der Waals surface area contributed by atoms with Gasteiger partial charge in [0.25, 0.3) is 5.91 Å². The fraction of sp³-hybridized carbons (Fsp3) is 0.200. The van der Waals surface area contributed by atoms with E-state index in [0.29, 0.717) is 24.5 Å². The number of nitrogens with zero attached hydrogens (tertiary/aromatic N) is 3. The molecule has 0 bridgehead atoms. The summed E-state index contributed by atoms with van der Waals surface area (Å²) in [6, 6.07) is 14.0. The summed E-state index contributed by atoms with van der Waals surface area (Å²) >= 11 is 0. The molecule has 0 unspecified atom stereocenters. The van der Waals surface area contributed by atoms with E-state index < -0.39 is 0 Å². The Kier molecular flexibility index (Phi) is 5.62. The number of nitrogens with one attached hydrogen (secondary N) is 1. The molecule has 31 heavy (non-hydrogen) atoms. The zero-order valence-corrected chi connectivity index (χ0v) is 17.9. The molecule has 0 radical (unpaired) electrons. The molecule has 1 amide bonds. The molecule has 1 aromatic carbocycles. The predicted octanol–water partition coefficient (Wildman–Crippen LogP) is 4.05. The predicted molar refractivity (Wildman–Crippen MR) is 123 cm³/mol. The number of aromatic nitrogens is 3. The van der Waals surface area contributed by atoms with E-state index in [1.807, 2.05) is 51.2 Å². The molecule has 156 valence electrons. The molecule has 0 aliphatic rings. The van der Waals surface area contributed by atoms with Crippen LogP contribution in [0.1, 0.15) is 44.0 Å². The van der Waals surface area contributed by atoms with Crippen molar-refractivity contribution in [2.24, 2.45) is 0 Å². The summed E-state index contributed by atoms with van der Waals surface area (Å²) in [4.78, 5) is 25.7. The molecular weight excluding hydrogens is 386 g/mol. The second-order valence-corrected chi connectivity index (χ2v) is 7.88. The number of hydrogen-bond acceptors (Lipinski definition) is 5. The maximum atomic E-state index is 12.7. The summed E-state index contributed by atoms with van der Waals surface area (Å²) < 4.78 is 0. The Labute approximate surface area is 181 Å². The van der Waals surface area contributed by atoms with Crippen LogP contribution in [-0.4, -0.2) is 20.9 Å². The summed E-state index contributed by atoms with van der Waals surface area (Å²) in [5, 5.41) is 4.07. The van der Waals surface area contributed by atoms with Crippen LogP contribution in [0.3, 0.4) is 0 Å². The van der Waals surface area contributed by atoms with Gasteiger partial charge in [0.15, 0.2) is 0 Å². The maximum absolute atomic E-state index is 12.7. The van der Waals surface area contributed by atoms with E-state index in [4.69, 9.17) is 5.73 Å². The molecule has 4 rings (SSSR count). The van der Waals surface area contributed by atoms with Gasteiger partial charge in [-0.3, -0.25) is 14.8 Å². The van der Waals surface area contributed by atoms with Crippen molar-refractivity contribution in [3.8, 4) is 0 Å². The highest BCUT2D eigenvalue weighted by Gasteiger charge is 2.11. The molecule has 0 fully saturated rings. The van der Waals surface area contributed by atoms with E-state index in [2.05, 4.69) is 38.5 Å². The van der Waals surface area contributed by atoms with E-state index in [1.54, 1.807) is 6.20 Å². The van der Waals surface area contributed by atoms with Crippen molar-refractivity contribution in [2.45, 2.75) is 33.7 Å². The van der Waals surface area contributed by atoms with Gasteiger partial charge < -0.3 is 11.1 Å². The topological polar surface area (TPSA) is 93.8 Å². The van der Waals surface area contributed by atoms with Gasteiger partial charge in [0, 0.05) is 30.0 Å². The van der Waals surface area contributed by atoms with Crippen molar-refractivity contribution in [3.63, 3.8) is 0 Å². The highest BCUT2D eigenvalue weighted by Crippen LogP contribution is 2.18. The van der Waals surface area contributed by atoms with Crippen molar-refractivity contribution < 1.29 is 4.79 Å². The smallest absolute Gasteiger partial charge is 0.270 e. The van der Waals surface area contributed by atoms with E-state index in [-0.39, 0.29) is 5.91 Å². The third-order valence-electron chi connectivity index (χ3n) is 5.35. The highest BCUT2D eigenvalue weighted by molar-refractivity contribution is 5.92. The SMILES string of the molecule is Cc1cnc2ccc(Cc3ccnc(C(=O)NCc4c(C)cc(N)nc4C)c3)cc2c1. The lowest BCUT2D eigenvalue weighted by molar-refractivity contribution is 0.0945. The average molecular weight is 412 g/mol. The minimum absolute atomic E-state index is 0.212. The molecule has 0 spiro atoms. The minimum atomic E-state index is -0.212. The van der Waals surface area contributed by atoms with E-state index in [0.717, 1.165) is 44.4 Å². The average Bonchev–Trinajstić information content (AvgIpc) is 2.72. The first kappa shape index (κ1) is 20.5. The van der Waals surface area contributed by atoms with Gasteiger partial charge in [-0.2, -0.15) is 0 Å². The van der Waals surface area contributed by atoms with Crippen LogP contribution in [-0.2, 0) is 13.0 Å². The lowest BCUT2D eigenvalue weighted by Gasteiger charge is -2.11. The molecular formula is C25H25N5O. The Morgan fingerprint density at radius 2 is 1.81 bits per heavy atom. The molecule has 0 saturated carbocycles. The van der Waals surface area contributed by atoms with Crippen LogP contribution in [0.5, 0.6) is 0 Å². The molecule has 6 heteroatoms. The van der Waals surface area contributed by atoms with Gasteiger partial charge in [0.05, 0.1) is 5.52 Å². The lowest BCUT2D eigenvalue weighted by atomic mass is 10.0. The van der Waals surface area contributed by atoms with E-state index >= 15 is 0 Å². The van der Waals surface area contributed by atoms with Gasteiger partial charge in [0.1, 0.15) is 11.5 Å². The maximum Gasteiger partial charge on any atom is 0.270 e. The Balaban J connectivity index is 1.48. The number of benzene rings is 1. The van der Waals surface area contributed by atoms with Gasteiger partial charge in [0.2, 0.25) is 0 Å². The number of fused-ring (bicyclic) bond motifs is 1. The molecule has 4 aromatic rings. The number of pyridine rings is 3. The van der Waals surface area contributed by atoms with Gasteiger partial charge in [-0.25, -0.2) is 4.98 Å². The first-order valence-corrected chi connectivity index (χ1v) is 10.2. The quantitative estimate of drug-likeness (QED) is 0.517. The van der Waals surface area contributed by atoms with Gasteiger partial charge >= 0.3 is 0 Å². The van der Waals surface area contributed by atoms with Crippen molar-refractivity contribution in [2.75, 3.05) is 5.73 Å². The first-order chi connectivity index (χ1) is 14.9. The standard InChI is InChI=1S/C25H25N5O/c1-15-8-20-11-18(4-5-22(20)28-13-15)10-19-6-7-27-23(12-19)25(31)29-14-21-16(2)9-24(26)30-17(21)3/h4-9,11-13H,10,14H2,1-3H3,(H2,26,30)(H,29,31). The summed E-state index contributed by atoms with van der Waals surface area (Å²) in [5.74, 6) is 0.273. The number of carbonyl (C=O) groups is 1. The van der Waals surface area contributed by atoms with Crippen molar-refractivity contribution >= 4 is 22.6 Å². The molecule has 0 atom stereocenters. The number of anilines is 1. The second kappa shape index (κ2) is 8.52. The summed E-state index contributed by atoms with van der Waals surface area (Å²) in [6.07, 6.45) is 4.27. The lowest BCUT2D eigenvalue weighted by Crippen LogP contribution is -2.25. The highest BCUT2D eigenvalue weighted by atomic mass is 16.1. The van der Waals surface area contributed by atoms with Gasteiger partial charge in [-0.05, 0) is 91.4 Å². The fourth-order valence-corrected chi connectivity index (χ4v) is 3.76. The fourth-order valence-electron chi connectivity index (χ4n) is 3.76. The summed E-state index contributed by atoms with van der Waals surface area (Å²) in [6.45, 7) is 6.28. The molecule has 3 heterocycles. The molecule has 3 N–H and O–H groups in total. The normalized spacial score (nSPS) is 10.9. The van der Waals surface area contributed by atoms with Crippen LogP contribution >= 0.6 is 0 Å². The Hall–Kier alpha value is -3.80. The second-order valence-electron chi connectivity index (χ2n) is 7.88. The number of rotatable bonds is 5. The Bertz CT molecular complexity index is 1260. The minimum Gasteiger partial charge on any atom is -0.384 e. The molecule has 0 aliphatic carbocycles. The zero-order chi connectivity index (χ0) is 22.0. The third-order valence-corrected chi connectivity index (χ3v) is 5.35. The van der Waals surface area contributed by atoms with Crippen molar-refractivity contribution in [1.29, 1.82) is 0 Å². The molecule has 0 aliphatic heterocycles. The van der Waals surface area contributed by atoms with Crippen molar-refractivity contribution in [1.82, 2.24) is 20.3 Å². The van der Waals surface area contributed by atoms with Gasteiger partial charge in [-0.15, -0.1) is 0 Å². The number of nitrogens with two attached hydrogens (primary N) is 1. The van der Waals surface area contributed by atoms with E-state index in [1.165, 1.54) is 0 Å². The zero-order valence-electron chi connectivity index (χ0n) is 17.9. The van der Waals surface area contributed by atoms with Crippen molar-refractivity contribution in [3.05, 3.63) is 94.1 Å². The van der Waals surface area contributed by atoms with E-state index in [9.17, 15) is 4.79 Å². The number of carbonyl (C=O) groups excluding carboxylic acids is 1. The largest absolute Gasteiger partial charge is 0.384 e. The van der Waals surface area contributed by atoms with Crippen LogP contribution in [0.15, 0.2) is 54.9 Å². The van der Waals surface area contributed by atoms with Crippen LogP contribution in [0, 0.1) is 20.8 Å². The molecule has 3 aromatic heterocycles. The molecule has 0 saturated heterocycles. The van der Waals surface area contributed by atoms with Gasteiger partial charge in [-0.1, -0.05) is 6.07 Å². The third kappa shape index (κ3) is 4.69. The number of aryl methyl sites for hydroxylation is 3. The van der Waals surface area contributed by atoms with Crippen LogP contribution in [0.2, 0.25) is 0 Å². The number of nitrogen functional groups attached to an aromatic ring is 1. The number of hydrogen-bond donors (Lipinski definition) is 2. The Morgan fingerprint density at radius 1 is 1.00 bits per heavy atom.